The van der Waals surface area contributed by atoms with E-state index in [1.807, 2.05) is 24.3 Å². The topological polar surface area (TPSA) is 55.1 Å². The van der Waals surface area contributed by atoms with E-state index in [1.54, 1.807) is 31.2 Å². The van der Waals surface area contributed by atoms with Gasteiger partial charge < -0.3 is 9.73 Å². The van der Waals surface area contributed by atoms with Gasteiger partial charge in [0.1, 0.15) is 5.52 Å². The second kappa shape index (κ2) is 6.42. The summed E-state index contributed by atoms with van der Waals surface area (Å²) < 4.78 is 5.61. The smallest absolute Gasteiger partial charge is 0.257 e. The summed E-state index contributed by atoms with van der Waals surface area (Å²) in [6, 6.07) is 14.6. The average molecular weight is 333 g/mol. The summed E-state index contributed by atoms with van der Waals surface area (Å²) in [7, 11) is 0. The van der Waals surface area contributed by atoms with Gasteiger partial charge >= 0.3 is 0 Å². The van der Waals surface area contributed by atoms with Crippen LogP contribution in [0.1, 0.15) is 6.92 Å². The molecule has 0 saturated carbocycles. The zero-order valence-corrected chi connectivity index (χ0v) is 13.3. The van der Waals surface area contributed by atoms with Crippen LogP contribution < -0.4 is 5.32 Å². The van der Waals surface area contributed by atoms with Crippen LogP contribution in [0.25, 0.3) is 11.1 Å². The van der Waals surface area contributed by atoms with Crippen molar-refractivity contribution in [1.29, 1.82) is 0 Å². The fourth-order valence-electron chi connectivity index (χ4n) is 1.92. The lowest BCUT2D eigenvalue weighted by Gasteiger charge is -2.10. The molecule has 1 amide bonds. The van der Waals surface area contributed by atoms with Crippen molar-refractivity contribution in [3.8, 4) is 0 Å². The number of benzene rings is 2. The van der Waals surface area contributed by atoms with Gasteiger partial charge in [-0.25, -0.2) is 4.98 Å². The number of carbonyl (C=O) groups excluding carboxylic acids is 1. The van der Waals surface area contributed by atoms with E-state index < -0.39 is 0 Å². The molecular weight excluding hydrogens is 320 g/mol. The molecular formula is C16H13ClN2O2S. The maximum absolute atomic E-state index is 12.2. The number of thioether (sulfide) groups is 1. The largest absolute Gasteiger partial charge is 0.431 e. The summed E-state index contributed by atoms with van der Waals surface area (Å²) in [5, 5.41) is 3.54. The van der Waals surface area contributed by atoms with Crippen LogP contribution in [0.5, 0.6) is 0 Å². The van der Waals surface area contributed by atoms with E-state index in [0.717, 1.165) is 5.52 Å². The predicted octanol–water partition coefficient (Wildman–Crippen LogP) is 4.60. The van der Waals surface area contributed by atoms with Gasteiger partial charge in [-0.1, -0.05) is 41.6 Å². The monoisotopic (exact) mass is 332 g/mol. The van der Waals surface area contributed by atoms with Crippen molar-refractivity contribution in [3.63, 3.8) is 0 Å². The van der Waals surface area contributed by atoms with Crippen molar-refractivity contribution in [2.24, 2.45) is 0 Å². The van der Waals surface area contributed by atoms with Gasteiger partial charge in [0, 0.05) is 10.7 Å². The van der Waals surface area contributed by atoms with E-state index in [1.165, 1.54) is 11.8 Å². The minimum atomic E-state index is -0.341. The summed E-state index contributed by atoms with van der Waals surface area (Å²) in [5.41, 5.74) is 2.17. The first-order valence-electron chi connectivity index (χ1n) is 6.70. The molecule has 0 saturated heterocycles. The lowest BCUT2D eigenvalue weighted by Crippen LogP contribution is -2.22. The first-order chi connectivity index (χ1) is 10.6. The molecule has 1 aromatic heterocycles. The van der Waals surface area contributed by atoms with Crippen LogP contribution in [-0.2, 0) is 4.79 Å². The molecule has 22 heavy (non-hydrogen) atoms. The summed E-state index contributed by atoms with van der Waals surface area (Å²) >= 11 is 7.18. The van der Waals surface area contributed by atoms with E-state index >= 15 is 0 Å². The second-order valence-corrected chi connectivity index (χ2v) is 6.44. The van der Waals surface area contributed by atoms with E-state index in [9.17, 15) is 4.79 Å². The maximum Gasteiger partial charge on any atom is 0.257 e. The number of hydrogen-bond acceptors (Lipinski definition) is 4. The third-order valence-corrected chi connectivity index (χ3v) is 4.19. The van der Waals surface area contributed by atoms with E-state index in [-0.39, 0.29) is 11.2 Å². The molecule has 0 fully saturated rings. The highest BCUT2D eigenvalue weighted by atomic mass is 35.5. The number of nitrogens with one attached hydrogen (secondary N) is 1. The Morgan fingerprint density at radius 3 is 2.86 bits per heavy atom. The molecule has 1 heterocycles. The Morgan fingerprint density at radius 2 is 2.09 bits per heavy atom. The van der Waals surface area contributed by atoms with Crippen molar-refractivity contribution >= 4 is 46.1 Å². The molecule has 2 aromatic carbocycles. The van der Waals surface area contributed by atoms with Crippen LogP contribution in [0.15, 0.2) is 58.2 Å². The van der Waals surface area contributed by atoms with Crippen molar-refractivity contribution in [1.82, 2.24) is 4.98 Å². The number of oxazole rings is 1. The normalized spacial score (nSPS) is 12.3. The number of anilines is 1. The molecule has 1 unspecified atom stereocenters. The van der Waals surface area contributed by atoms with Crippen LogP contribution in [0.2, 0.25) is 5.02 Å². The van der Waals surface area contributed by atoms with Crippen LogP contribution >= 0.6 is 23.4 Å². The average Bonchev–Trinajstić information content (AvgIpc) is 2.89. The number of aromatic nitrogens is 1. The van der Waals surface area contributed by atoms with E-state index in [4.69, 9.17) is 16.0 Å². The van der Waals surface area contributed by atoms with E-state index in [0.29, 0.717) is 21.5 Å². The first kappa shape index (κ1) is 14.9. The van der Waals surface area contributed by atoms with Crippen LogP contribution in [0, 0.1) is 0 Å². The van der Waals surface area contributed by atoms with Gasteiger partial charge in [0.2, 0.25) is 5.91 Å². The fourth-order valence-corrected chi connectivity index (χ4v) is 2.86. The molecule has 3 aromatic rings. The van der Waals surface area contributed by atoms with Crippen LogP contribution in [-0.4, -0.2) is 16.1 Å². The number of amides is 1. The zero-order chi connectivity index (χ0) is 15.5. The third kappa shape index (κ3) is 3.43. The number of para-hydroxylation sites is 2. The number of nitrogens with zero attached hydrogens (tertiary/aromatic N) is 1. The van der Waals surface area contributed by atoms with Gasteiger partial charge in [-0.3, -0.25) is 4.79 Å². The van der Waals surface area contributed by atoms with Crippen molar-refractivity contribution in [3.05, 3.63) is 53.6 Å². The Balaban J connectivity index is 1.68. The number of carbonyl (C=O) groups is 1. The zero-order valence-electron chi connectivity index (χ0n) is 11.7. The number of hydrogen-bond donors (Lipinski definition) is 1. The summed E-state index contributed by atoms with van der Waals surface area (Å²) in [5.74, 6) is -0.130. The van der Waals surface area contributed by atoms with Gasteiger partial charge in [-0.2, -0.15) is 0 Å². The third-order valence-electron chi connectivity index (χ3n) is 3.01. The molecule has 0 radical (unpaired) electrons. The number of rotatable bonds is 4. The standard InChI is InChI=1S/C16H13ClN2O2S/c1-10(15(20)18-12-6-4-5-11(17)9-12)22-16-19-13-7-2-3-8-14(13)21-16/h2-10H,1H3,(H,18,20). The lowest BCUT2D eigenvalue weighted by molar-refractivity contribution is -0.115. The number of halogens is 1. The second-order valence-electron chi connectivity index (χ2n) is 4.71. The molecule has 0 aliphatic carbocycles. The first-order valence-corrected chi connectivity index (χ1v) is 7.96. The van der Waals surface area contributed by atoms with Gasteiger partial charge in [0.05, 0.1) is 5.25 Å². The summed E-state index contributed by atoms with van der Waals surface area (Å²) in [6.07, 6.45) is 0. The highest BCUT2D eigenvalue weighted by Crippen LogP contribution is 2.27. The van der Waals surface area contributed by atoms with Crippen LogP contribution in [0.4, 0.5) is 5.69 Å². The van der Waals surface area contributed by atoms with Crippen molar-refractivity contribution < 1.29 is 9.21 Å². The van der Waals surface area contributed by atoms with Crippen molar-refractivity contribution in [2.45, 2.75) is 17.4 Å². The van der Waals surface area contributed by atoms with Gasteiger partial charge in [0.25, 0.3) is 5.22 Å². The minimum Gasteiger partial charge on any atom is -0.431 e. The lowest BCUT2D eigenvalue weighted by atomic mass is 10.3. The Bertz CT molecular complexity index is 786. The Labute approximate surface area is 136 Å². The molecule has 3 rings (SSSR count). The Hall–Kier alpha value is -1.98. The molecule has 1 N–H and O–H groups in total. The fraction of sp³-hybridized carbons (Fsp3) is 0.125. The molecule has 112 valence electrons. The van der Waals surface area contributed by atoms with Gasteiger partial charge in [-0.05, 0) is 37.3 Å². The SMILES string of the molecule is CC(Sc1nc2ccccc2o1)C(=O)Nc1cccc(Cl)c1. The number of fused-ring (bicyclic) bond motifs is 1. The van der Waals surface area contributed by atoms with E-state index in [2.05, 4.69) is 10.3 Å². The molecule has 0 spiro atoms. The highest BCUT2D eigenvalue weighted by Gasteiger charge is 2.18. The minimum absolute atomic E-state index is 0.130. The van der Waals surface area contributed by atoms with Gasteiger partial charge in [-0.15, -0.1) is 0 Å². The van der Waals surface area contributed by atoms with Gasteiger partial charge in [0.15, 0.2) is 5.58 Å². The molecule has 6 heteroatoms. The van der Waals surface area contributed by atoms with Crippen LogP contribution in [0.3, 0.4) is 0 Å². The quantitative estimate of drug-likeness (QED) is 0.709. The maximum atomic E-state index is 12.2. The molecule has 4 nitrogen and oxygen atoms in total. The van der Waals surface area contributed by atoms with Crippen molar-refractivity contribution in [2.75, 3.05) is 5.32 Å². The Kier molecular flexibility index (Phi) is 4.36. The summed E-state index contributed by atoms with van der Waals surface area (Å²) in [4.78, 5) is 16.6. The molecule has 0 bridgehead atoms. The Morgan fingerprint density at radius 1 is 1.27 bits per heavy atom. The summed E-state index contributed by atoms with van der Waals surface area (Å²) in [6.45, 7) is 1.80. The molecule has 1 atom stereocenters. The predicted molar refractivity (Wildman–Crippen MR) is 89.4 cm³/mol. The highest BCUT2D eigenvalue weighted by molar-refractivity contribution is 8.00. The molecule has 0 aliphatic rings. The molecule has 0 aliphatic heterocycles.